The third kappa shape index (κ3) is 3.89. The van der Waals surface area contributed by atoms with Crippen molar-refractivity contribution in [2.24, 2.45) is 17.6 Å². The normalized spacial score (nSPS) is 26.7. The summed E-state index contributed by atoms with van der Waals surface area (Å²) in [6.07, 6.45) is 6.88. The van der Waals surface area contributed by atoms with E-state index in [1.54, 1.807) is 0 Å². The first-order valence-electron chi connectivity index (χ1n) is 8.81. The van der Waals surface area contributed by atoms with Crippen molar-refractivity contribution in [3.8, 4) is 0 Å². The Morgan fingerprint density at radius 1 is 1.24 bits per heavy atom. The van der Waals surface area contributed by atoms with Gasteiger partial charge in [-0.3, -0.25) is 4.79 Å². The Bertz CT molecular complexity index is 715. The number of fused-ring (bicyclic) bond motifs is 1. The van der Waals surface area contributed by atoms with Gasteiger partial charge in [0, 0.05) is 24.9 Å². The number of carboxylic acid groups (broad SMARTS) is 1. The monoisotopic (exact) mass is 344 g/mol. The Morgan fingerprint density at radius 3 is 2.44 bits per heavy atom. The third-order valence-electron chi connectivity index (χ3n) is 5.55. The van der Waals surface area contributed by atoms with E-state index in [9.17, 15) is 9.90 Å². The van der Waals surface area contributed by atoms with Crippen molar-refractivity contribution in [3.05, 3.63) is 36.7 Å². The molecule has 0 bridgehead atoms. The molecule has 25 heavy (non-hydrogen) atoms. The standard InChI is InChI=1S/C18H25BN2O4/c20-18(17(22)23)9-13(7-8-19(24)25)5-6-16(18)12-21-10-14-3-1-2-4-15(14)11-21/h1-4,10-11,13,16,24-25H,5-9,12,20H2,(H,22,23)/t13-,16+,18+/m0/s1. The Hall–Kier alpha value is -1.83. The highest BCUT2D eigenvalue weighted by Crippen LogP contribution is 2.39. The maximum atomic E-state index is 11.9. The van der Waals surface area contributed by atoms with Gasteiger partial charge in [0.1, 0.15) is 5.54 Å². The molecule has 5 N–H and O–H groups in total. The minimum atomic E-state index is -1.35. The van der Waals surface area contributed by atoms with Crippen LogP contribution in [0.1, 0.15) is 25.7 Å². The van der Waals surface area contributed by atoms with Crippen molar-refractivity contribution < 1.29 is 19.9 Å². The van der Waals surface area contributed by atoms with Crippen molar-refractivity contribution in [1.82, 2.24) is 4.57 Å². The molecule has 0 spiro atoms. The van der Waals surface area contributed by atoms with Crippen LogP contribution in [0.2, 0.25) is 6.32 Å². The number of nitrogens with two attached hydrogens (primary N) is 1. The van der Waals surface area contributed by atoms with Crippen LogP contribution in [0.4, 0.5) is 0 Å². The zero-order valence-electron chi connectivity index (χ0n) is 14.2. The van der Waals surface area contributed by atoms with Gasteiger partial charge in [-0.2, -0.15) is 0 Å². The number of aromatic nitrogens is 1. The first-order valence-corrected chi connectivity index (χ1v) is 8.81. The minimum absolute atomic E-state index is 0.114. The summed E-state index contributed by atoms with van der Waals surface area (Å²) in [6, 6.07) is 8.04. The second-order valence-electron chi connectivity index (χ2n) is 7.33. The van der Waals surface area contributed by atoms with Crippen LogP contribution in [-0.4, -0.2) is 38.3 Å². The van der Waals surface area contributed by atoms with Gasteiger partial charge in [0.25, 0.3) is 0 Å². The first kappa shape index (κ1) is 18.0. The fraction of sp³-hybridized carbons (Fsp3) is 0.500. The molecule has 134 valence electrons. The van der Waals surface area contributed by atoms with E-state index in [0.717, 1.165) is 23.6 Å². The van der Waals surface area contributed by atoms with Crippen LogP contribution >= 0.6 is 0 Å². The van der Waals surface area contributed by atoms with Crippen molar-refractivity contribution in [2.45, 2.75) is 44.1 Å². The third-order valence-corrected chi connectivity index (χ3v) is 5.55. The van der Waals surface area contributed by atoms with Crippen LogP contribution in [0.5, 0.6) is 0 Å². The van der Waals surface area contributed by atoms with Crippen LogP contribution in [0.25, 0.3) is 10.8 Å². The lowest BCUT2D eigenvalue weighted by Gasteiger charge is -2.41. The SMILES string of the molecule is N[C@]1(C(=O)O)C[C@H](CCB(O)O)CC[C@@H]1Cn1cc2ccccc2c1. The number of hydrogen-bond donors (Lipinski definition) is 4. The van der Waals surface area contributed by atoms with Crippen LogP contribution in [0.3, 0.4) is 0 Å². The van der Waals surface area contributed by atoms with E-state index in [4.69, 9.17) is 15.8 Å². The van der Waals surface area contributed by atoms with Crippen molar-refractivity contribution in [1.29, 1.82) is 0 Å². The molecule has 7 heteroatoms. The molecule has 1 saturated carbocycles. The number of carbonyl (C=O) groups is 1. The predicted octanol–water partition coefficient (Wildman–Crippen LogP) is 1.70. The summed E-state index contributed by atoms with van der Waals surface area (Å²) in [6.45, 7) is 0.576. The average Bonchev–Trinajstić information content (AvgIpc) is 2.97. The second kappa shape index (κ2) is 7.19. The number of hydrogen-bond acceptors (Lipinski definition) is 4. The average molecular weight is 344 g/mol. The van der Waals surface area contributed by atoms with Crippen LogP contribution in [-0.2, 0) is 11.3 Å². The van der Waals surface area contributed by atoms with E-state index in [1.807, 2.05) is 41.2 Å². The molecule has 1 aromatic carbocycles. The van der Waals surface area contributed by atoms with Gasteiger partial charge >= 0.3 is 13.1 Å². The number of aliphatic carboxylic acids is 1. The van der Waals surface area contributed by atoms with Gasteiger partial charge in [-0.25, -0.2) is 0 Å². The summed E-state index contributed by atoms with van der Waals surface area (Å²) >= 11 is 0. The fourth-order valence-electron chi connectivity index (χ4n) is 4.09. The van der Waals surface area contributed by atoms with E-state index in [2.05, 4.69) is 0 Å². The highest BCUT2D eigenvalue weighted by Gasteiger charge is 2.46. The second-order valence-corrected chi connectivity index (χ2v) is 7.33. The molecule has 0 unspecified atom stereocenters. The highest BCUT2D eigenvalue weighted by molar-refractivity contribution is 6.40. The minimum Gasteiger partial charge on any atom is -0.480 e. The number of benzene rings is 1. The van der Waals surface area contributed by atoms with Gasteiger partial charge in [-0.15, -0.1) is 0 Å². The van der Waals surface area contributed by atoms with Gasteiger partial charge in [0.2, 0.25) is 0 Å². The molecule has 3 atom stereocenters. The molecule has 0 aliphatic heterocycles. The van der Waals surface area contributed by atoms with E-state index >= 15 is 0 Å². The quantitative estimate of drug-likeness (QED) is 0.597. The summed E-state index contributed by atoms with van der Waals surface area (Å²) in [5, 5.41) is 30.1. The molecule has 1 aliphatic carbocycles. The number of nitrogens with zero attached hydrogens (tertiary/aromatic N) is 1. The zero-order valence-corrected chi connectivity index (χ0v) is 14.2. The lowest BCUT2D eigenvalue weighted by molar-refractivity contribution is -0.148. The van der Waals surface area contributed by atoms with Gasteiger partial charge in [0.15, 0.2) is 0 Å². The van der Waals surface area contributed by atoms with Crippen LogP contribution in [0, 0.1) is 11.8 Å². The molecule has 1 heterocycles. The number of carboxylic acids is 1. The van der Waals surface area contributed by atoms with E-state index in [1.165, 1.54) is 0 Å². The topological polar surface area (TPSA) is 109 Å². The lowest BCUT2D eigenvalue weighted by atomic mass is 9.66. The molecule has 1 fully saturated rings. The number of rotatable bonds is 6. The maximum Gasteiger partial charge on any atom is 0.451 e. The summed E-state index contributed by atoms with van der Waals surface area (Å²) in [7, 11) is -1.35. The van der Waals surface area contributed by atoms with Crippen LogP contribution in [0.15, 0.2) is 36.7 Å². The zero-order chi connectivity index (χ0) is 18.0. The van der Waals surface area contributed by atoms with Gasteiger partial charge in [0.05, 0.1) is 0 Å². The van der Waals surface area contributed by atoms with Crippen LogP contribution < -0.4 is 5.73 Å². The van der Waals surface area contributed by atoms with E-state index < -0.39 is 18.6 Å². The smallest absolute Gasteiger partial charge is 0.451 e. The van der Waals surface area contributed by atoms with E-state index in [-0.39, 0.29) is 18.2 Å². The molecular formula is C18H25BN2O4. The van der Waals surface area contributed by atoms with Crippen molar-refractivity contribution >= 4 is 23.9 Å². The highest BCUT2D eigenvalue weighted by atomic mass is 16.4. The molecular weight excluding hydrogens is 319 g/mol. The molecule has 0 radical (unpaired) electrons. The molecule has 0 amide bonds. The molecule has 6 nitrogen and oxygen atoms in total. The summed E-state index contributed by atoms with van der Waals surface area (Å²) in [4.78, 5) is 11.9. The largest absolute Gasteiger partial charge is 0.480 e. The Kier molecular flexibility index (Phi) is 5.17. The van der Waals surface area contributed by atoms with Gasteiger partial charge < -0.3 is 25.5 Å². The first-order chi connectivity index (χ1) is 11.9. The van der Waals surface area contributed by atoms with Gasteiger partial charge in [-0.1, -0.05) is 30.7 Å². The Morgan fingerprint density at radius 2 is 1.88 bits per heavy atom. The van der Waals surface area contributed by atoms with E-state index in [0.29, 0.717) is 19.4 Å². The Labute approximate surface area is 147 Å². The van der Waals surface area contributed by atoms with Gasteiger partial charge in [-0.05, 0) is 42.3 Å². The molecule has 2 aromatic rings. The molecule has 1 aliphatic rings. The summed E-state index contributed by atoms with van der Waals surface area (Å²) in [5.41, 5.74) is 5.07. The van der Waals surface area contributed by atoms with Crippen molar-refractivity contribution in [3.63, 3.8) is 0 Å². The molecule has 1 aromatic heterocycles. The summed E-state index contributed by atoms with van der Waals surface area (Å²) < 4.78 is 2.04. The fourth-order valence-corrected chi connectivity index (χ4v) is 4.09. The Balaban J connectivity index is 1.74. The summed E-state index contributed by atoms with van der Waals surface area (Å²) in [5.74, 6) is -1.01. The predicted molar refractivity (Wildman–Crippen MR) is 96.9 cm³/mol. The molecule has 3 rings (SSSR count). The lowest BCUT2D eigenvalue weighted by Crippen LogP contribution is -2.58. The van der Waals surface area contributed by atoms with Crippen molar-refractivity contribution in [2.75, 3.05) is 0 Å². The maximum absolute atomic E-state index is 11.9. The molecule has 0 saturated heterocycles.